The first kappa shape index (κ1) is 16.0. The molecule has 0 saturated carbocycles. The summed E-state index contributed by atoms with van der Waals surface area (Å²) in [5, 5.41) is 3.17. The molecular formula is C18H24N2O3. The molecule has 124 valence electrons. The lowest BCUT2D eigenvalue weighted by molar-refractivity contribution is -0.128. The van der Waals surface area contributed by atoms with Gasteiger partial charge in [-0.25, -0.2) is 0 Å². The summed E-state index contributed by atoms with van der Waals surface area (Å²) in [6.45, 7) is 2.09. The van der Waals surface area contributed by atoms with Gasteiger partial charge in [0, 0.05) is 33.2 Å². The van der Waals surface area contributed by atoms with Crippen LogP contribution >= 0.6 is 0 Å². The van der Waals surface area contributed by atoms with E-state index in [9.17, 15) is 9.59 Å². The van der Waals surface area contributed by atoms with Crippen molar-refractivity contribution in [2.45, 2.75) is 25.3 Å². The van der Waals surface area contributed by atoms with Crippen molar-refractivity contribution in [1.29, 1.82) is 0 Å². The van der Waals surface area contributed by atoms with Crippen LogP contribution in [0, 0.1) is 11.8 Å². The Morgan fingerprint density at radius 1 is 1.39 bits per heavy atom. The maximum atomic E-state index is 12.6. The summed E-state index contributed by atoms with van der Waals surface area (Å²) >= 11 is 0. The second kappa shape index (κ2) is 7.13. The molecule has 0 aromatic heterocycles. The standard InChI is InChI=1S/C18H24N2O3/c1-20-11-15(10-17(20)21)18(22)19-16(9-13-7-8-23-12-13)14-5-3-2-4-6-14/h2-6,13,15-16H,7-12H2,1H3,(H,19,22)/t13-,15-,16-/m1/s1. The zero-order valence-corrected chi connectivity index (χ0v) is 13.5. The van der Waals surface area contributed by atoms with Gasteiger partial charge in [-0.05, 0) is 24.3 Å². The molecule has 2 saturated heterocycles. The Morgan fingerprint density at radius 3 is 2.78 bits per heavy atom. The van der Waals surface area contributed by atoms with E-state index in [1.54, 1.807) is 11.9 Å². The molecule has 5 nitrogen and oxygen atoms in total. The lowest BCUT2D eigenvalue weighted by Crippen LogP contribution is -2.36. The molecule has 0 aliphatic carbocycles. The van der Waals surface area contributed by atoms with E-state index >= 15 is 0 Å². The first-order valence-electron chi connectivity index (χ1n) is 8.30. The van der Waals surface area contributed by atoms with E-state index in [4.69, 9.17) is 4.74 Å². The molecule has 2 aliphatic rings. The average molecular weight is 316 g/mol. The van der Waals surface area contributed by atoms with E-state index in [1.165, 1.54) is 0 Å². The highest BCUT2D eigenvalue weighted by Crippen LogP contribution is 2.27. The molecule has 1 aromatic carbocycles. The number of hydrogen-bond donors (Lipinski definition) is 1. The molecule has 1 aromatic rings. The smallest absolute Gasteiger partial charge is 0.225 e. The minimum Gasteiger partial charge on any atom is -0.381 e. The summed E-state index contributed by atoms with van der Waals surface area (Å²) in [4.78, 5) is 25.9. The third-order valence-corrected chi connectivity index (χ3v) is 4.82. The lowest BCUT2D eigenvalue weighted by Gasteiger charge is -2.23. The Labute approximate surface area is 137 Å². The van der Waals surface area contributed by atoms with Gasteiger partial charge in [-0.2, -0.15) is 0 Å². The topological polar surface area (TPSA) is 58.6 Å². The molecule has 2 amide bonds. The Hall–Kier alpha value is -1.88. The molecule has 0 bridgehead atoms. The van der Waals surface area contributed by atoms with Gasteiger partial charge in [0.1, 0.15) is 0 Å². The monoisotopic (exact) mass is 316 g/mol. The second-order valence-corrected chi connectivity index (χ2v) is 6.61. The minimum atomic E-state index is -0.237. The number of nitrogens with one attached hydrogen (secondary N) is 1. The number of ether oxygens (including phenoxy) is 1. The lowest BCUT2D eigenvalue weighted by atomic mass is 9.93. The van der Waals surface area contributed by atoms with Crippen LogP contribution in [0.25, 0.3) is 0 Å². The molecule has 3 rings (SSSR count). The number of amides is 2. The fourth-order valence-corrected chi connectivity index (χ4v) is 3.39. The predicted molar refractivity (Wildman–Crippen MR) is 86.6 cm³/mol. The molecule has 0 radical (unpaired) electrons. The second-order valence-electron chi connectivity index (χ2n) is 6.61. The van der Waals surface area contributed by atoms with Gasteiger partial charge in [0.25, 0.3) is 0 Å². The third kappa shape index (κ3) is 3.91. The summed E-state index contributed by atoms with van der Waals surface area (Å²) in [6.07, 6.45) is 2.24. The van der Waals surface area contributed by atoms with Gasteiger partial charge in [-0.3, -0.25) is 9.59 Å². The average Bonchev–Trinajstić information content (AvgIpc) is 3.18. The van der Waals surface area contributed by atoms with Crippen LogP contribution in [0.5, 0.6) is 0 Å². The highest BCUT2D eigenvalue weighted by molar-refractivity contribution is 5.89. The van der Waals surface area contributed by atoms with Crippen LogP contribution in [0.15, 0.2) is 30.3 Å². The summed E-state index contributed by atoms with van der Waals surface area (Å²) in [5.74, 6) is 0.271. The highest BCUT2D eigenvalue weighted by atomic mass is 16.5. The van der Waals surface area contributed by atoms with Crippen molar-refractivity contribution in [2.75, 3.05) is 26.8 Å². The van der Waals surface area contributed by atoms with E-state index in [0.29, 0.717) is 18.9 Å². The summed E-state index contributed by atoms with van der Waals surface area (Å²) in [7, 11) is 1.75. The van der Waals surface area contributed by atoms with Crippen molar-refractivity contribution < 1.29 is 14.3 Å². The van der Waals surface area contributed by atoms with Crippen molar-refractivity contribution in [1.82, 2.24) is 10.2 Å². The maximum absolute atomic E-state index is 12.6. The number of carbonyl (C=O) groups is 2. The largest absolute Gasteiger partial charge is 0.381 e. The van der Waals surface area contributed by atoms with Crippen LogP contribution in [0.3, 0.4) is 0 Å². The first-order valence-corrected chi connectivity index (χ1v) is 8.30. The minimum absolute atomic E-state index is 0.0172. The molecule has 2 fully saturated rings. The number of likely N-dealkylation sites (tertiary alicyclic amines) is 1. The fourth-order valence-electron chi connectivity index (χ4n) is 3.39. The number of benzene rings is 1. The Kier molecular flexibility index (Phi) is 4.96. The predicted octanol–water partition coefficient (Wildman–Crippen LogP) is 1.75. The van der Waals surface area contributed by atoms with Crippen molar-refractivity contribution in [2.24, 2.45) is 11.8 Å². The van der Waals surface area contributed by atoms with Gasteiger partial charge in [0.05, 0.1) is 12.0 Å². The molecule has 5 heteroatoms. The van der Waals surface area contributed by atoms with E-state index in [2.05, 4.69) is 5.32 Å². The molecule has 23 heavy (non-hydrogen) atoms. The van der Waals surface area contributed by atoms with Gasteiger partial charge >= 0.3 is 0 Å². The van der Waals surface area contributed by atoms with E-state index in [0.717, 1.165) is 31.6 Å². The highest BCUT2D eigenvalue weighted by Gasteiger charge is 2.33. The number of rotatable bonds is 5. The first-order chi connectivity index (χ1) is 11.1. The molecule has 2 aliphatic heterocycles. The molecule has 3 atom stereocenters. The number of nitrogens with zero attached hydrogens (tertiary/aromatic N) is 1. The van der Waals surface area contributed by atoms with Crippen LogP contribution < -0.4 is 5.32 Å². The maximum Gasteiger partial charge on any atom is 0.225 e. The van der Waals surface area contributed by atoms with Gasteiger partial charge in [0.2, 0.25) is 11.8 Å². The summed E-state index contributed by atoms with van der Waals surface area (Å²) in [5.41, 5.74) is 1.12. The number of carbonyl (C=O) groups excluding carboxylic acids is 2. The van der Waals surface area contributed by atoms with E-state index in [1.807, 2.05) is 30.3 Å². The molecule has 0 spiro atoms. The zero-order chi connectivity index (χ0) is 16.2. The van der Waals surface area contributed by atoms with Crippen LogP contribution in [-0.2, 0) is 14.3 Å². The Bertz CT molecular complexity index is 555. The molecule has 0 unspecified atom stereocenters. The van der Waals surface area contributed by atoms with Crippen molar-refractivity contribution in [3.8, 4) is 0 Å². The molecular weight excluding hydrogens is 292 g/mol. The Morgan fingerprint density at radius 2 is 2.17 bits per heavy atom. The van der Waals surface area contributed by atoms with E-state index < -0.39 is 0 Å². The fraction of sp³-hybridized carbons (Fsp3) is 0.556. The van der Waals surface area contributed by atoms with Crippen molar-refractivity contribution in [3.63, 3.8) is 0 Å². The van der Waals surface area contributed by atoms with Crippen LogP contribution in [-0.4, -0.2) is 43.5 Å². The van der Waals surface area contributed by atoms with Crippen LogP contribution in [0.1, 0.15) is 30.9 Å². The SMILES string of the molecule is CN1C[C@H](C(=O)N[C@H](C[C@H]2CCOC2)c2ccccc2)CC1=O. The van der Waals surface area contributed by atoms with Crippen LogP contribution in [0.4, 0.5) is 0 Å². The zero-order valence-electron chi connectivity index (χ0n) is 13.5. The van der Waals surface area contributed by atoms with Gasteiger partial charge in [-0.1, -0.05) is 30.3 Å². The Balaban J connectivity index is 1.68. The van der Waals surface area contributed by atoms with Crippen molar-refractivity contribution in [3.05, 3.63) is 35.9 Å². The summed E-state index contributed by atoms with van der Waals surface area (Å²) in [6, 6.07) is 10.0. The molecule has 1 N–H and O–H groups in total. The van der Waals surface area contributed by atoms with Crippen molar-refractivity contribution >= 4 is 11.8 Å². The van der Waals surface area contributed by atoms with E-state index in [-0.39, 0.29) is 23.8 Å². The summed E-state index contributed by atoms with van der Waals surface area (Å²) < 4.78 is 5.46. The van der Waals surface area contributed by atoms with Gasteiger partial charge < -0.3 is 15.0 Å². The quantitative estimate of drug-likeness (QED) is 0.900. The number of hydrogen-bond acceptors (Lipinski definition) is 3. The normalized spacial score (nSPS) is 25.6. The van der Waals surface area contributed by atoms with Crippen LogP contribution in [0.2, 0.25) is 0 Å². The van der Waals surface area contributed by atoms with Gasteiger partial charge in [-0.15, -0.1) is 0 Å². The third-order valence-electron chi connectivity index (χ3n) is 4.82. The molecule has 2 heterocycles. The van der Waals surface area contributed by atoms with Gasteiger partial charge in [0.15, 0.2) is 0 Å².